The Morgan fingerprint density at radius 1 is 1.57 bits per heavy atom. The zero-order chi connectivity index (χ0) is 10.8. The quantitative estimate of drug-likeness (QED) is 0.383. The molecule has 1 amide bonds. The minimum absolute atomic E-state index is 0.297. The highest BCUT2D eigenvalue weighted by Crippen LogP contribution is 2.02. The minimum atomic E-state index is -0.297. The highest BCUT2D eigenvalue weighted by molar-refractivity contribution is 5.73. The summed E-state index contributed by atoms with van der Waals surface area (Å²) in [4.78, 5) is 10.4. The number of carbonyl (C=O) groups is 1. The molecule has 0 rings (SSSR count). The van der Waals surface area contributed by atoms with Crippen molar-refractivity contribution in [1.29, 1.82) is 0 Å². The number of ether oxygens (including phenoxy) is 1. The summed E-state index contributed by atoms with van der Waals surface area (Å²) in [5.41, 5.74) is 4.99. The number of amides is 1. The van der Waals surface area contributed by atoms with Crippen molar-refractivity contribution in [1.82, 2.24) is 0 Å². The highest BCUT2D eigenvalue weighted by Gasteiger charge is 1.95. The van der Waals surface area contributed by atoms with Crippen LogP contribution >= 0.6 is 0 Å². The van der Waals surface area contributed by atoms with Gasteiger partial charge in [-0.2, -0.15) is 0 Å². The van der Waals surface area contributed by atoms with Crippen molar-refractivity contribution in [3.8, 4) is 0 Å². The molecule has 0 spiro atoms. The van der Waals surface area contributed by atoms with Crippen molar-refractivity contribution in [2.45, 2.75) is 19.8 Å². The lowest BCUT2D eigenvalue weighted by Crippen LogP contribution is -2.11. The third kappa shape index (κ3) is 7.16. The van der Waals surface area contributed by atoms with Crippen molar-refractivity contribution in [3.05, 3.63) is 36.6 Å². The van der Waals surface area contributed by atoms with Crippen LogP contribution < -0.4 is 5.73 Å². The van der Waals surface area contributed by atoms with E-state index >= 15 is 0 Å². The zero-order valence-corrected chi connectivity index (χ0v) is 8.53. The van der Waals surface area contributed by atoms with Crippen molar-refractivity contribution < 1.29 is 9.53 Å². The molecule has 0 radical (unpaired) electrons. The molecule has 0 saturated heterocycles. The molecule has 0 aromatic rings. The van der Waals surface area contributed by atoms with Crippen LogP contribution in [0.25, 0.3) is 0 Å². The van der Waals surface area contributed by atoms with E-state index in [1.807, 2.05) is 19.1 Å². The molecule has 0 aliphatic carbocycles. The number of nitrogens with two attached hydrogens (primary N) is 1. The summed E-state index contributed by atoms with van der Waals surface area (Å²) in [5, 5.41) is 0. The molecule has 0 atom stereocenters. The van der Waals surface area contributed by atoms with Crippen LogP contribution in [0, 0.1) is 0 Å². The molecule has 0 aromatic carbocycles. The van der Waals surface area contributed by atoms with Gasteiger partial charge in [0.15, 0.2) is 0 Å². The smallest absolute Gasteiger partial charge is 0.217 e. The van der Waals surface area contributed by atoms with Crippen molar-refractivity contribution in [2.75, 3.05) is 6.61 Å². The van der Waals surface area contributed by atoms with Gasteiger partial charge in [-0.15, -0.1) is 0 Å². The van der Waals surface area contributed by atoms with Crippen LogP contribution in [0.1, 0.15) is 19.8 Å². The number of rotatable bonds is 7. The predicted octanol–water partition coefficient (Wildman–Crippen LogP) is 1.91. The van der Waals surface area contributed by atoms with Gasteiger partial charge in [0.25, 0.3) is 0 Å². The first-order valence-electron chi connectivity index (χ1n) is 4.57. The fourth-order valence-electron chi connectivity index (χ4n) is 0.869. The van der Waals surface area contributed by atoms with Crippen LogP contribution in [-0.2, 0) is 9.53 Å². The van der Waals surface area contributed by atoms with Gasteiger partial charge in [0.05, 0.1) is 6.61 Å². The number of primary amides is 1. The Balaban J connectivity index is 3.78. The van der Waals surface area contributed by atoms with E-state index in [1.165, 1.54) is 0 Å². The van der Waals surface area contributed by atoms with E-state index in [-0.39, 0.29) is 5.91 Å². The van der Waals surface area contributed by atoms with Crippen LogP contribution in [-0.4, -0.2) is 12.5 Å². The van der Waals surface area contributed by atoms with Crippen molar-refractivity contribution in [2.24, 2.45) is 5.73 Å². The van der Waals surface area contributed by atoms with E-state index in [4.69, 9.17) is 10.5 Å². The molecule has 0 aromatic heterocycles. The van der Waals surface area contributed by atoms with E-state index in [9.17, 15) is 4.79 Å². The fraction of sp³-hybridized carbons (Fsp3) is 0.364. The second-order valence-electron chi connectivity index (χ2n) is 2.72. The summed E-state index contributed by atoms with van der Waals surface area (Å²) in [6, 6.07) is 0. The van der Waals surface area contributed by atoms with Crippen LogP contribution in [0.5, 0.6) is 0 Å². The molecule has 0 aliphatic heterocycles. The lowest BCUT2D eigenvalue weighted by Gasteiger charge is -2.04. The van der Waals surface area contributed by atoms with Gasteiger partial charge < -0.3 is 10.5 Å². The molecule has 0 saturated carbocycles. The molecule has 0 heterocycles. The largest absolute Gasteiger partial charge is 0.494 e. The first-order valence-corrected chi connectivity index (χ1v) is 4.57. The summed E-state index contributed by atoms with van der Waals surface area (Å²) < 4.78 is 5.37. The highest BCUT2D eigenvalue weighted by atomic mass is 16.5. The maximum absolute atomic E-state index is 10.4. The third-order valence-corrected chi connectivity index (χ3v) is 1.45. The molecule has 3 heteroatoms. The minimum Gasteiger partial charge on any atom is -0.494 e. The number of allylic oxidation sites excluding steroid dienone is 4. The third-order valence-electron chi connectivity index (χ3n) is 1.45. The lowest BCUT2D eigenvalue weighted by molar-refractivity contribution is -0.118. The molecule has 3 nitrogen and oxygen atoms in total. The fourth-order valence-corrected chi connectivity index (χ4v) is 0.869. The zero-order valence-electron chi connectivity index (χ0n) is 8.53. The Bertz CT molecular complexity index is 242. The van der Waals surface area contributed by atoms with E-state index < -0.39 is 0 Å². The molecule has 0 fully saturated rings. The standard InChI is InChI=1S/C11H17NO2/c1-3-6-10(7-4-2)14-9-5-8-11(12)13/h3-4,6-7H,1,5,8-9H2,2H3,(H2,12,13)/b7-4-,10-6+. The summed E-state index contributed by atoms with van der Waals surface area (Å²) in [7, 11) is 0. The van der Waals surface area contributed by atoms with Gasteiger partial charge >= 0.3 is 0 Å². The SMILES string of the molecule is C=C/C=C(\C=C/C)OCCCC(N)=O. The molecule has 0 aliphatic rings. The van der Waals surface area contributed by atoms with Gasteiger partial charge in [-0.1, -0.05) is 18.7 Å². The van der Waals surface area contributed by atoms with E-state index in [2.05, 4.69) is 6.58 Å². The van der Waals surface area contributed by atoms with Gasteiger partial charge in [-0.25, -0.2) is 0 Å². The predicted molar refractivity (Wildman–Crippen MR) is 57.5 cm³/mol. The van der Waals surface area contributed by atoms with Crippen LogP contribution in [0.15, 0.2) is 36.6 Å². The average Bonchev–Trinajstić information content (AvgIpc) is 2.12. The normalized spacial score (nSPS) is 11.6. The first kappa shape index (κ1) is 12.5. The first-order chi connectivity index (χ1) is 6.70. The molecular weight excluding hydrogens is 178 g/mol. The summed E-state index contributed by atoms with van der Waals surface area (Å²) in [5.74, 6) is 0.445. The Morgan fingerprint density at radius 3 is 2.79 bits per heavy atom. The molecule has 2 N–H and O–H groups in total. The number of hydrogen-bond donors (Lipinski definition) is 1. The van der Waals surface area contributed by atoms with E-state index in [1.54, 1.807) is 12.2 Å². The van der Waals surface area contributed by atoms with E-state index in [0.717, 1.165) is 5.76 Å². The molecule has 0 bridgehead atoms. The monoisotopic (exact) mass is 195 g/mol. The van der Waals surface area contributed by atoms with Crippen molar-refractivity contribution >= 4 is 5.91 Å². The topological polar surface area (TPSA) is 52.3 Å². The molecular formula is C11H17NO2. The Kier molecular flexibility index (Phi) is 7.23. The molecule has 14 heavy (non-hydrogen) atoms. The second-order valence-corrected chi connectivity index (χ2v) is 2.72. The van der Waals surface area contributed by atoms with Crippen LogP contribution in [0.2, 0.25) is 0 Å². The van der Waals surface area contributed by atoms with Gasteiger partial charge in [0, 0.05) is 6.42 Å². The summed E-state index contributed by atoms with van der Waals surface area (Å²) in [6.45, 7) is 5.97. The maximum atomic E-state index is 10.4. The van der Waals surface area contributed by atoms with Gasteiger partial charge in [-0.3, -0.25) is 4.79 Å². The van der Waals surface area contributed by atoms with E-state index in [0.29, 0.717) is 19.4 Å². The number of carbonyl (C=O) groups excluding carboxylic acids is 1. The lowest BCUT2D eigenvalue weighted by atomic mass is 10.3. The maximum Gasteiger partial charge on any atom is 0.217 e. The number of hydrogen-bond acceptors (Lipinski definition) is 2. The molecule has 78 valence electrons. The average molecular weight is 195 g/mol. The summed E-state index contributed by atoms with van der Waals surface area (Å²) >= 11 is 0. The van der Waals surface area contributed by atoms with Gasteiger partial charge in [0.1, 0.15) is 5.76 Å². The Morgan fingerprint density at radius 2 is 2.29 bits per heavy atom. The molecule has 0 unspecified atom stereocenters. The van der Waals surface area contributed by atoms with Gasteiger partial charge in [-0.05, 0) is 25.5 Å². The Hall–Kier alpha value is -1.51. The van der Waals surface area contributed by atoms with Crippen LogP contribution in [0.4, 0.5) is 0 Å². The van der Waals surface area contributed by atoms with Crippen LogP contribution in [0.3, 0.4) is 0 Å². The van der Waals surface area contributed by atoms with Crippen molar-refractivity contribution in [3.63, 3.8) is 0 Å². The summed E-state index contributed by atoms with van der Waals surface area (Å²) in [6.07, 6.45) is 8.14. The second kappa shape index (κ2) is 8.10. The van der Waals surface area contributed by atoms with Gasteiger partial charge in [0.2, 0.25) is 5.91 Å². The Labute approximate surface area is 84.9 Å².